The Morgan fingerprint density at radius 1 is 1.31 bits per heavy atom. The lowest BCUT2D eigenvalue weighted by Gasteiger charge is -2.28. The summed E-state index contributed by atoms with van der Waals surface area (Å²) in [6.07, 6.45) is 6.26. The van der Waals surface area contributed by atoms with Gasteiger partial charge in [-0.3, -0.25) is 0 Å². The minimum absolute atomic E-state index is 0.0236. The van der Waals surface area contributed by atoms with Crippen molar-refractivity contribution in [3.8, 4) is 17.6 Å². The van der Waals surface area contributed by atoms with E-state index in [1.807, 2.05) is 19.9 Å². The van der Waals surface area contributed by atoms with E-state index in [2.05, 4.69) is 31.0 Å². The third-order valence-corrected chi connectivity index (χ3v) is 5.94. The van der Waals surface area contributed by atoms with Crippen LogP contribution in [-0.2, 0) is 4.74 Å². The lowest BCUT2D eigenvalue weighted by atomic mass is 10.0. The molecule has 1 saturated carbocycles. The van der Waals surface area contributed by atoms with Gasteiger partial charge >= 0.3 is 6.09 Å². The van der Waals surface area contributed by atoms with Gasteiger partial charge in [0.15, 0.2) is 17.5 Å². The van der Waals surface area contributed by atoms with Crippen molar-refractivity contribution in [2.75, 3.05) is 17.2 Å². The molecule has 4 rings (SSSR count). The predicted octanol–water partition coefficient (Wildman–Crippen LogP) is 4.92. The summed E-state index contributed by atoms with van der Waals surface area (Å²) >= 11 is 0. The topological polar surface area (TPSA) is 139 Å². The second-order valence-electron chi connectivity index (χ2n) is 10.3. The Morgan fingerprint density at radius 2 is 2.08 bits per heavy atom. The molecule has 0 bridgehead atoms. The van der Waals surface area contributed by atoms with Crippen LogP contribution in [0.5, 0.6) is 5.88 Å². The summed E-state index contributed by atoms with van der Waals surface area (Å²) in [7, 11) is 0. The molecule has 3 N–H and O–H groups in total. The van der Waals surface area contributed by atoms with Crippen LogP contribution in [0.25, 0.3) is 5.69 Å². The van der Waals surface area contributed by atoms with Gasteiger partial charge in [0.2, 0.25) is 5.88 Å². The van der Waals surface area contributed by atoms with Crippen molar-refractivity contribution in [1.29, 1.82) is 5.26 Å². The number of halogens is 1. The summed E-state index contributed by atoms with van der Waals surface area (Å²) in [4.78, 5) is 21.1. The van der Waals surface area contributed by atoms with Gasteiger partial charge in [0.1, 0.15) is 17.4 Å². The number of nitrogens with one attached hydrogen (secondary N) is 3. The molecule has 2 atom stereocenters. The van der Waals surface area contributed by atoms with Crippen molar-refractivity contribution < 1.29 is 18.7 Å². The molecule has 0 spiro atoms. The zero-order valence-electron chi connectivity index (χ0n) is 22.7. The van der Waals surface area contributed by atoms with E-state index in [0.29, 0.717) is 23.9 Å². The first-order chi connectivity index (χ1) is 18.6. The maximum Gasteiger partial charge on any atom is 0.407 e. The predicted molar refractivity (Wildman–Crippen MR) is 144 cm³/mol. The molecule has 0 aliphatic heterocycles. The quantitative estimate of drug-likeness (QED) is 0.329. The SMILES string of the molecule is CCOc1ncc(Nc2nc(NC(C3CC3)[C@H](C)NC(=O)OC(C)(C)C)c(F)cc2C#N)cc1-n1cccn1. The zero-order valence-corrected chi connectivity index (χ0v) is 22.7. The number of alkyl carbamates (subject to hydrolysis) is 1. The van der Waals surface area contributed by atoms with Gasteiger partial charge in [-0.1, -0.05) is 0 Å². The van der Waals surface area contributed by atoms with Crippen molar-refractivity contribution in [2.24, 2.45) is 5.92 Å². The number of carbonyl (C=O) groups excluding carboxylic acids is 1. The van der Waals surface area contributed by atoms with Crippen LogP contribution in [0.3, 0.4) is 0 Å². The van der Waals surface area contributed by atoms with Crippen molar-refractivity contribution >= 4 is 23.4 Å². The van der Waals surface area contributed by atoms with Crippen LogP contribution in [0.4, 0.5) is 26.5 Å². The maximum atomic E-state index is 15.1. The Morgan fingerprint density at radius 3 is 2.69 bits per heavy atom. The van der Waals surface area contributed by atoms with Crippen LogP contribution >= 0.6 is 0 Å². The first-order valence-corrected chi connectivity index (χ1v) is 12.8. The number of nitriles is 1. The number of hydrogen-bond donors (Lipinski definition) is 3. The lowest BCUT2D eigenvalue weighted by molar-refractivity contribution is 0.0501. The highest BCUT2D eigenvalue weighted by Crippen LogP contribution is 2.36. The number of hydrogen-bond acceptors (Lipinski definition) is 9. The molecule has 206 valence electrons. The molecule has 1 aliphatic rings. The van der Waals surface area contributed by atoms with Gasteiger partial charge in [-0.25, -0.2) is 23.8 Å². The van der Waals surface area contributed by atoms with Gasteiger partial charge in [0, 0.05) is 18.4 Å². The molecular formula is C27H33FN8O3. The molecule has 12 heteroatoms. The molecule has 3 aromatic heterocycles. The summed E-state index contributed by atoms with van der Waals surface area (Å²) < 4.78 is 27.7. The number of pyridine rings is 2. The van der Waals surface area contributed by atoms with E-state index >= 15 is 4.39 Å². The monoisotopic (exact) mass is 536 g/mol. The third-order valence-electron chi connectivity index (χ3n) is 5.94. The van der Waals surface area contributed by atoms with Crippen LogP contribution in [0.1, 0.15) is 53.0 Å². The summed E-state index contributed by atoms with van der Waals surface area (Å²) in [6.45, 7) is 9.48. The molecule has 1 aliphatic carbocycles. The third kappa shape index (κ3) is 7.13. The number of rotatable bonds is 10. The molecule has 11 nitrogen and oxygen atoms in total. The fourth-order valence-corrected chi connectivity index (χ4v) is 4.09. The van der Waals surface area contributed by atoms with E-state index in [1.54, 1.807) is 50.0 Å². The van der Waals surface area contributed by atoms with Gasteiger partial charge in [0.25, 0.3) is 0 Å². The normalized spacial score (nSPS) is 14.6. The molecule has 0 aromatic carbocycles. The highest BCUT2D eigenvalue weighted by molar-refractivity contribution is 5.69. The maximum absolute atomic E-state index is 15.1. The van der Waals surface area contributed by atoms with E-state index in [4.69, 9.17) is 9.47 Å². The molecule has 0 radical (unpaired) electrons. The second-order valence-corrected chi connectivity index (χ2v) is 10.3. The number of carbonyl (C=O) groups is 1. The second kappa shape index (κ2) is 11.6. The van der Waals surface area contributed by atoms with Crippen LogP contribution in [0, 0.1) is 23.1 Å². The molecular weight excluding hydrogens is 503 g/mol. The van der Waals surface area contributed by atoms with Crippen LogP contribution in [0.2, 0.25) is 0 Å². The highest BCUT2D eigenvalue weighted by Gasteiger charge is 2.37. The van der Waals surface area contributed by atoms with Gasteiger partial charge in [-0.15, -0.1) is 0 Å². The van der Waals surface area contributed by atoms with Gasteiger partial charge in [0.05, 0.1) is 30.1 Å². The van der Waals surface area contributed by atoms with Gasteiger partial charge in [-0.2, -0.15) is 10.4 Å². The fourth-order valence-electron chi connectivity index (χ4n) is 4.09. The zero-order chi connectivity index (χ0) is 28.2. The Kier molecular flexibility index (Phi) is 8.18. The largest absolute Gasteiger partial charge is 0.476 e. The molecule has 0 saturated heterocycles. The smallest absolute Gasteiger partial charge is 0.407 e. The summed E-state index contributed by atoms with van der Waals surface area (Å²) in [5, 5.41) is 23.0. The van der Waals surface area contributed by atoms with Crippen molar-refractivity contribution in [1.82, 2.24) is 25.1 Å². The number of aromatic nitrogens is 4. The molecule has 39 heavy (non-hydrogen) atoms. The Bertz CT molecular complexity index is 1350. The van der Waals surface area contributed by atoms with E-state index in [1.165, 1.54) is 6.20 Å². The minimum atomic E-state index is -0.672. The van der Waals surface area contributed by atoms with Crippen molar-refractivity contribution in [2.45, 2.75) is 65.1 Å². The van der Waals surface area contributed by atoms with E-state index in [9.17, 15) is 10.1 Å². The standard InChI is InChI=1S/C27H33FN8O3/c1-6-38-25-21(36-11-7-10-31-36)13-19(15-30-25)33-23-18(14-29)12-20(28)24(35-23)34-22(17-8-9-17)16(2)32-26(37)39-27(3,4)5/h7,10-13,15-17,22H,6,8-9H2,1-5H3,(H,32,37)(H2,33,34,35)/t16-,22?/m0/s1. The van der Waals surface area contributed by atoms with E-state index < -0.39 is 17.5 Å². The first-order valence-electron chi connectivity index (χ1n) is 12.8. The number of anilines is 3. The summed E-state index contributed by atoms with van der Waals surface area (Å²) in [6, 6.07) is 5.99. The summed E-state index contributed by atoms with van der Waals surface area (Å²) in [5.74, 6) is 0.0725. The minimum Gasteiger partial charge on any atom is -0.476 e. The molecule has 3 aromatic rings. The van der Waals surface area contributed by atoms with Crippen LogP contribution in [0.15, 0.2) is 36.8 Å². The van der Waals surface area contributed by atoms with Crippen molar-refractivity contribution in [3.05, 3.63) is 48.2 Å². The lowest BCUT2D eigenvalue weighted by Crippen LogP contribution is -2.47. The van der Waals surface area contributed by atoms with Crippen LogP contribution < -0.4 is 20.7 Å². The molecule has 1 unspecified atom stereocenters. The first kappa shape index (κ1) is 27.6. The van der Waals surface area contributed by atoms with Gasteiger partial charge in [-0.05, 0) is 71.6 Å². The highest BCUT2D eigenvalue weighted by atomic mass is 19.1. The van der Waals surface area contributed by atoms with Crippen LogP contribution in [-0.4, -0.2) is 50.1 Å². The average molecular weight is 537 g/mol. The molecule has 3 heterocycles. The fraction of sp³-hybridized carbons (Fsp3) is 0.444. The summed E-state index contributed by atoms with van der Waals surface area (Å²) in [5.41, 5.74) is 0.474. The van der Waals surface area contributed by atoms with Gasteiger partial charge < -0.3 is 25.4 Å². The molecule has 1 fully saturated rings. The number of nitrogens with zero attached hydrogens (tertiary/aromatic N) is 5. The van der Waals surface area contributed by atoms with Crippen molar-refractivity contribution in [3.63, 3.8) is 0 Å². The Labute approximate surface area is 226 Å². The number of ether oxygens (including phenoxy) is 2. The Hall–Kier alpha value is -4.40. The molecule has 1 amide bonds. The van der Waals surface area contributed by atoms with E-state index in [-0.39, 0.29) is 35.2 Å². The average Bonchev–Trinajstić information content (AvgIpc) is 3.55. The van der Waals surface area contributed by atoms with E-state index in [0.717, 1.165) is 18.9 Å². The number of amides is 1. The Balaban J connectivity index is 1.58.